The van der Waals surface area contributed by atoms with Crippen molar-refractivity contribution in [3.8, 4) is 11.5 Å². The third kappa shape index (κ3) is 5.31. The Kier molecular flexibility index (Phi) is 7.64. The van der Waals surface area contributed by atoms with E-state index in [0.29, 0.717) is 64.6 Å². The van der Waals surface area contributed by atoms with Gasteiger partial charge in [-0.2, -0.15) is 9.78 Å². The van der Waals surface area contributed by atoms with Crippen LogP contribution in [0.4, 0.5) is 0 Å². The van der Waals surface area contributed by atoms with E-state index >= 15 is 0 Å². The number of amides is 1. The van der Waals surface area contributed by atoms with Crippen LogP contribution in [0, 0.1) is 6.92 Å². The van der Waals surface area contributed by atoms with Crippen LogP contribution in [0.15, 0.2) is 49.2 Å². The van der Waals surface area contributed by atoms with E-state index in [9.17, 15) is 9.59 Å². The molecule has 3 aromatic rings. The number of morpholine rings is 1. The third-order valence-corrected chi connectivity index (χ3v) is 6.46. The Bertz CT molecular complexity index is 1320. The Hall–Kier alpha value is -2.76. The van der Waals surface area contributed by atoms with Crippen LogP contribution >= 0.6 is 31.9 Å². The van der Waals surface area contributed by atoms with Gasteiger partial charge in [0, 0.05) is 27.6 Å². The van der Waals surface area contributed by atoms with Crippen LogP contribution in [0.5, 0.6) is 11.5 Å². The topological polar surface area (TPSA) is 95.2 Å². The summed E-state index contributed by atoms with van der Waals surface area (Å²) >= 11 is 6.89. The number of fused-ring (bicyclic) bond motifs is 1. The molecule has 0 spiro atoms. The van der Waals surface area contributed by atoms with E-state index < -0.39 is 0 Å². The van der Waals surface area contributed by atoms with Crippen LogP contribution in [0.25, 0.3) is 10.9 Å². The quantitative estimate of drug-likeness (QED) is 0.407. The molecule has 1 aliphatic heterocycles. The summed E-state index contributed by atoms with van der Waals surface area (Å²) in [5.74, 6) is 1.20. The zero-order valence-corrected chi connectivity index (χ0v) is 21.8. The summed E-state index contributed by atoms with van der Waals surface area (Å²) in [6.07, 6.45) is 1.54. The van der Waals surface area contributed by atoms with Crippen LogP contribution in [-0.2, 0) is 9.53 Å². The zero-order valence-electron chi connectivity index (χ0n) is 18.6. The molecule has 11 heteroatoms. The molecule has 4 rings (SSSR count). The van der Waals surface area contributed by atoms with Crippen molar-refractivity contribution in [3.05, 3.63) is 61.0 Å². The molecule has 0 saturated carbocycles. The molecule has 0 atom stereocenters. The number of carbonyl (C=O) groups excluding carboxylic acids is 1. The smallest absolute Gasteiger partial charge is 0.282 e. The summed E-state index contributed by atoms with van der Waals surface area (Å²) in [4.78, 5) is 31.5. The normalized spacial score (nSPS) is 14.1. The van der Waals surface area contributed by atoms with Crippen molar-refractivity contribution >= 4 is 54.9 Å². The fourth-order valence-corrected chi connectivity index (χ4v) is 4.27. The average molecular weight is 594 g/mol. The standard InChI is InChI=1S/C23H22Br2N4O5/c1-14-27-19-4-3-16(24)10-17(19)23(31)29(14)26-12-15-9-20(32-2)21(11-18(15)25)34-13-22(30)28-5-7-33-8-6-28/h3-4,9-12H,5-8,13H2,1-2H3. The van der Waals surface area contributed by atoms with Crippen LogP contribution in [0.1, 0.15) is 11.4 Å². The van der Waals surface area contributed by atoms with Crippen molar-refractivity contribution in [2.24, 2.45) is 5.10 Å². The number of ether oxygens (including phenoxy) is 3. The second-order valence-corrected chi connectivity index (χ2v) is 9.26. The van der Waals surface area contributed by atoms with Gasteiger partial charge in [0.05, 0.1) is 37.4 Å². The summed E-state index contributed by atoms with van der Waals surface area (Å²) in [5.41, 5.74) is 0.988. The van der Waals surface area contributed by atoms with Crippen LogP contribution in [-0.4, -0.2) is 66.7 Å². The van der Waals surface area contributed by atoms with E-state index in [2.05, 4.69) is 41.9 Å². The number of aromatic nitrogens is 2. The highest BCUT2D eigenvalue weighted by atomic mass is 79.9. The van der Waals surface area contributed by atoms with Crippen molar-refractivity contribution in [2.45, 2.75) is 6.92 Å². The van der Waals surface area contributed by atoms with Gasteiger partial charge in [0.25, 0.3) is 11.5 Å². The van der Waals surface area contributed by atoms with Gasteiger partial charge in [-0.15, -0.1) is 0 Å². The molecule has 0 radical (unpaired) electrons. The number of aryl methyl sites for hydroxylation is 1. The minimum Gasteiger partial charge on any atom is -0.493 e. The Morgan fingerprint density at radius 3 is 2.71 bits per heavy atom. The molecule has 0 unspecified atom stereocenters. The first-order chi connectivity index (χ1) is 16.4. The SMILES string of the molecule is COc1cc(C=Nn2c(C)nc3ccc(Br)cc3c2=O)c(Br)cc1OCC(=O)N1CCOCC1. The van der Waals surface area contributed by atoms with Crippen LogP contribution in [0.2, 0.25) is 0 Å². The molecule has 1 aromatic heterocycles. The predicted molar refractivity (Wildman–Crippen MR) is 135 cm³/mol. The van der Waals surface area contributed by atoms with Crippen LogP contribution in [0.3, 0.4) is 0 Å². The molecule has 178 valence electrons. The van der Waals surface area contributed by atoms with Gasteiger partial charge in [-0.25, -0.2) is 4.98 Å². The molecule has 1 saturated heterocycles. The van der Waals surface area contributed by atoms with Gasteiger partial charge in [0.1, 0.15) is 5.82 Å². The summed E-state index contributed by atoms with van der Waals surface area (Å²) in [7, 11) is 1.51. The molecule has 0 bridgehead atoms. The van der Waals surface area contributed by atoms with Gasteiger partial charge in [-0.1, -0.05) is 15.9 Å². The lowest BCUT2D eigenvalue weighted by molar-refractivity contribution is -0.137. The van der Waals surface area contributed by atoms with Gasteiger partial charge in [0.15, 0.2) is 18.1 Å². The molecular formula is C23H22Br2N4O5. The number of benzene rings is 2. The minimum atomic E-state index is -0.273. The molecule has 1 fully saturated rings. The van der Waals surface area contributed by atoms with Crippen molar-refractivity contribution in [1.82, 2.24) is 14.6 Å². The summed E-state index contributed by atoms with van der Waals surface area (Å²) in [5, 5.41) is 4.82. The lowest BCUT2D eigenvalue weighted by Crippen LogP contribution is -2.43. The van der Waals surface area contributed by atoms with Gasteiger partial charge in [-0.3, -0.25) is 9.59 Å². The lowest BCUT2D eigenvalue weighted by Gasteiger charge is -2.26. The minimum absolute atomic E-state index is 0.108. The van der Waals surface area contributed by atoms with Crippen molar-refractivity contribution < 1.29 is 19.0 Å². The highest BCUT2D eigenvalue weighted by Crippen LogP contribution is 2.33. The highest BCUT2D eigenvalue weighted by molar-refractivity contribution is 9.10. The molecule has 1 amide bonds. The van der Waals surface area contributed by atoms with Crippen molar-refractivity contribution in [3.63, 3.8) is 0 Å². The first-order valence-electron chi connectivity index (χ1n) is 10.5. The van der Waals surface area contributed by atoms with Crippen molar-refractivity contribution in [2.75, 3.05) is 40.0 Å². The zero-order chi connectivity index (χ0) is 24.2. The van der Waals surface area contributed by atoms with E-state index in [4.69, 9.17) is 14.2 Å². The summed E-state index contributed by atoms with van der Waals surface area (Å²) < 4.78 is 19.2. The number of rotatable bonds is 6. The molecular weight excluding hydrogens is 572 g/mol. The Balaban J connectivity index is 1.57. The maximum atomic E-state index is 13.0. The monoisotopic (exact) mass is 592 g/mol. The predicted octanol–water partition coefficient (Wildman–Crippen LogP) is 3.36. The van der Waals surface area contributed by atoms with Gasteiger partial charge >= 0.3 is 0 Å². The van der Waals surface area contributed by atoms with E-state index in [1.807, 2.05) is 6.07 Å². The average Bonchev–Trinajstić information content (AvgIpc) is 2.84. The third-order valence-electron chi connectivity index (χ3n) is 5.28. The van der Waals surface area contributed by atoms with E-state index in [1.54, 1.807) is 36.1 Å². The van der Waals surface area contributed by atoms with Gasteiger partial charge < -0.3 is 19.1 Å². The first kappa shape index (κ1) is 24.4. The molecule has 34 heavy (non-hydrogen) atoms. The fraction of sp³-hybridized carbons (Fsp3) is 0.304. The highest BCUT2D eigenvalue weighted by Gasteiger charge is 2.18. The number of hydrogen-bond acceptors (Lipinski definition) is 7. The van der Waals surface area contributed by atoms with E-state index in [0.717, 1.165) is 4.47 Å². The van der Waals surface area contributed by atoms with E-state index in [-0.39, 0.29) is 18.1 Å². The number of methoxy groups -OCH3 is 1. The second-order valence-electron chi connectivity index (χ2n) is 7.49. The van der Waals surface area contributed by atoms with E-state index in [1.165, 1.54) is 18.0 Å². The summed E-state index contributed by atoms with van der Waals surface area (Å²) in [6.45, 7) is 3.78. The molecule has 1 aliphatic rings. The number of hydrogen-bond donors (Lipinski definition) is 0. The maximum Gasteiger partial charge on any atom is 0.282 e. The Morgan fingerprint density at radius 1 is 1.21 bits per heavy atom. The second kappa shape index (κ2) is 10.7. The van der Waals surface area contributed by atoms with Gasteiger partial charge in [-0.05, 0) is 53.2 Å². The number of nitrogens with zero attached hydrogens (tertiary/aromatic N) is 4. The largest absolute Gasteiger partial charge is 0.493 e. The summed E-state index contributed by atoms with van der Waals surface area (Å²) in [6, 6.07) is 8.76. The lowest BCUT2D eigenvalue weighted by atomic mass is 10.2. The molecule has 2 heterocycles. The Labute approximate surface area is 212 Å². The number of carbonyl (C=O) groups is 1. The van der Waals surface area contributed by atoms with Gasteiger partial charge in [0.2, 0.25) is 0 Å². The maximum absolute atomic E-state index is 13.0. The molecule has 2 aromatic carbocycles. The van der Waals surface area contributed by atoms with Crippen molar-refractivity contribution in [1.29, 1.82) is 0 Å². The Morgan fingerprint density at radius 2 is 1.97 bits per heavy atom. The fourth-order valence-electron chi connectivity index (χ4n) is 3.48. The van der Waals surface area contributed by atoms with Crippen LogP contribution < -0.4 is 15.0 Å². The molecule has 9 nitrogen and oxygen atoms in total. The first-order valence-corrected chi connectivity index (χ1v) is 12.0. The molecule has 0 aliphatic carbocycles. The number of halogens is 2. The molecule has 0 N–H and O–H groups in total.